The number of terminal acetylenes is 1. The zero-order valence-electron chi connectivity index (χ0n) is 20.5. The molecule has 1 N–H and O–H groups in total. The van der Waals surface area contributed by atoms with Gasteiger partial charge in [-0.1, -0.05) is 43.4 Å². The number of rotatable bonds is 5. The lowest BCUT2D eigenvalue weighted by Gasteiger charge is -2.26. The third kappa shape index (κ3) is 4.82. The topological polar surface area (TPSA) is 63.1 Å². The highest BCUT2D eigenvalue weighted by Crippen LogP contribution is 2.41. The first-order chi connectivity index (χ1) is 17.4. The number of carboxylic acid groups (broad SMARTS) is 1. The molecule has 0 aliphatic heterocycles. The highest BCUT2D eigenvalue weighted by atomic mass is 32.1. The minimum atomic E-state index is -0.967. The molecule has 0 unspecified atom stereocenters. The molecular formula is C31H28N2O2S. The molecule has 1 aliphatic rings. The second-order valence-corrected chi connectivity index (χ2v) is 10.6. The van der Waals surface area contributed by atoms with E-state index in [-0.39, 0.29) is 0 Å². The first-order valence-electron chi connectivity index (χ1n) is 12.3. The van der Waals surface area contributed by atoms with Gasteiger partial charge in [-0.3, -0.25) is 0 Å². The highest BCUT2D eigenvalue weighted by molar-refractivity contribution is 7.15. The smallest absolute Gasteiger partial charge is 0.328 e. The Bertz CT molecular complexity index is 1530. The summed E-state index contributed by atoms with van der Waals surface area (Å²) in [6.45, 7) is 4.04. The van der Waals surface area contributed by atoms with Crippen LogP contribution in [0.3, 0.4) is 0 Å². The van der Waals surface area contributed by atoms with E-state index < -0.39 is 5.97 Å². The summed E-state index contributed by atoms with van der Waals surface area (Å²) >= 11 is 1.67. The van der Waals surface area contributed by atoms with Crippen LogP contribution < -0.4 is 0 Å². The summed E-state index contributed by atoms with van der Waals surface area (Å²) in [5.41, 5.74) is 7.88. The van der Waals surface area contributed by atoms with Gasteiger partial charge in [0.2, 0.25) is 0 Å². The maximum absolute atomic E-state index is 11.1. The molecule has 2 aromatic carbocycles. The summed E-state index contributed by atoms with van der Waals surface area (Å²) in [6.07, 6.45) is 14.7. The molecule has 2 heterocycles. The largest absolute Gasteiger partial charge is 0.478 e. The van der Waals surface area contributed by atoms with E-state index in [4.69, 9.17) is 16.5 Å². The molecule has 0 saturated heterocycles. The molecule has 4 aromatic rings. The Kier molecular flexibility index (Phi) is 6.71. The number of carboxylic acids is 1. The molecular weight excluding hydrogens is 464 g/mol. The van der Waals surface area contributed by atoms with E-state index >= 15 is 0 Å². The molecule has 1 aliphatic carbocycles. The van der Waals surface area contributed by atoms with Gasteiger partial charge in [0.15, 0.2) is 0 Å². The molecule has 180 valence electrons. The molecule has 0 radical (unpaired) electrons. The fourth-order valence-electron chi connectivity index (χ4n) is 5.30. The van der Waals surface area contributed by atoms with Crippen molar-refractivity contribution in [3.63, 3.8) is 0 Å². The molecule has 0 spiro atoms. The van der Waals surface area contributed by atoms with Crippen LogP contribution in [0, 0.1) is 26.2 Å². The van der Waals surface area contributed by atoms with Crippen molar-refractivity contribution in [1.82, 2.24) is 9.97 Å². The number of carbonyl (C=O) groups is 1. The Morgan fingerprint density at radius 3 is 2.58 bits per heavy atom. The fourth-order valence-corrected chi connectivity index (χ4v) is 6.19. The standard InChI is InChI=1S/C31H28N2O2S/c1-4-22-16-21(10-15-29(34)35)17-26(23-8-6-5-7-9-23)30(22)25-12-13-27-24(18-25)11-14-28(33-27)31-19(2)32-20(3)36-31/h1,10-18,23H,5-9H2,2-3H3,(H,34,35). The van der Waals surface area contributed by atoms with Crippen LogP contribution in [0.1, 0.15) is 65.4 Å². The lowest BCUT2D eigenvalue weighted by Crippen LogP contribution is -2.08. The molecule has 5 rings (SSSR count). The Morgan fingerprint density at radius 1 is 1.08 bits per heavy atom. The van der Waals surface area contributed by atoms with E-state index in [1.165, 1.54) is 30.9 Å². The van der Waals surface area contributed by atoms with Crippen LogP contribution in [0.2, 0.25) is 0 Å². The van der Waals surface area contributed by atoms with Gasteiger partial charge in [0.1, 0.15) is 0 Å². The number of hydrogen-bond donors (Lipinski definition) is 1. The summed E-state index contributed by atoms with van der Waals surface area (Å²) in [7, 11) is 0. The lowest BCUT2D eigenvalue weighted by molar-refractivity contribution is -0.131. The second-order valence-electron chi connectivity index (χ2n) is 9.43. The van der Waals surface area contributed by atoms with Gasteiger partial charge >= 0.3 is 5.97 Å². The van der Waals surface area contributed by atoms with Crippen molar-refractivity contribution in [2.75, 3.05) is 0 Å². The summed E-state index contributed by atoms with van der Waals surface area (Å²) in [5.74, 6) is 2.33. The van der Waals surface area contributed by atoms with Crippen LogP contribution in [-0.2, 0) is 4.79 Å². The number of pyridine rings is 1. The van der Waals surface area contributed by atoms with E-state index in [0.717, 1.165) is 67.3 Å². The molecule has 1 saturated carbocycles. The molecule has 36 heavy (non-hydrogen) atoms. The van der Waals surface area contributed by atoms with E-state index in [1.54, 1.807) is 17.4 Å². The van der Waals surface area contributed by atoms with Gasteiger partial charge in [-0.15, -0.1) is 17.8 Å². The number of aromatic nitrogens is 2. The predicted molar refractivity (Wildman–Crippen MR) is 148 cm³/mol. The number of fused-ring (bicyclic) bond motifs is 1. The average molecular weight is 493 g/mol. The van der Waals surface area contributed by atoms with Crippen LogP contribution in [0.4, 0.5) is 0 Å². The normalized spacial score (nSPS) is 14.4. The minimum absolute atomic E-state index is 0.410. The van der Waals surface area contributed by atoms with E-state index in [9.17, 15) is 4.79 Å². The first kappa shape index (κ1) is 24.0. The summed E-state index contributed by atoms with van der Waals surface area (Å²) in [4.78, 5) is 21.7. The van der Waals surface area contributed by atoms with Crippen molar-refractivity contribution < 1.29 is 9.90 Å². The van der Waals surface area contributed by atoms with Crippen LogP contribution in [0.5, 0.6) is 0 Å². The third-order valence-corrected chi connectivity index (χ3v) is 8.02. The molecule has 0 atom stereocenters. The summed E-state index contributed by atoms with van der Waals surface area (Å²) < 4.78 is 0. The second kappa shape index (κ2) is 10.1. The van der Waals surface area contributed by atoms with Gasteiger partial charge in [0.05, 0.1) is 26.8 Å². The summed E-state index contributed by atoms with van der Waals surface area (Å²) in [6, 6.07) is 14.6. The third-order valence-electron chi connectivity index (χ3n) is 6.92. The summed E-state index contributed by atoms with van der Waals surface area (Å²) in [5, 5.41) is 11.2. The minimum Gasteiger partial charge on any atom is -0.478 e. The molecule has 5 heteroatoms. The van der Waals surface area contributed by atoms with Crippen molar-refractivity contribution in [3.05, 3.63) is 75.9 Å². The van der Waals surface area contributed by atoms with Crippen molar-refractivity contribution >= 4 is 34.3 Å². The van der Waals surface area contributed by atoms with Gasteiger partial charge in [0, 0.05) is 22.6 Å². The molecule has 1 fully saturated rings. The molecule has 0 amide bonds. The number of nitrogens with zero attached hydrogens (tertiary/aromatic N) is 2. The van der Waals surface area contributed by atoms with Crippen molar-refractivity contribution in [1.29, 1.82) is 0 Å². The quantitative estimate of drug-likeness (QED) is 0.228. The molecule has 2 aromatic heterocycles. The maximum Gasteiger partial charge on any atom is 0.328 e. The Labute approximate surface area is 215 Å². The van der Waals surface area contributed by atoms with Gasteiger partial charge in [-0.25, -0.2) is 14.8 Å². The first-order valence-corrected chi connectivity index (χ1v) is 13.2. The zero-order chi connectivity index (χ0) is 25.2. The van der Waals surface area contributed by atoms with Gasteiger partial charge in [0.25, 0.3) is 0 Å². The van der Waals surface area contributed by atoms with Crippen LogP contribution in [0.25, 0.3) is 38.7 Å². The van der Waals surface area contributed by atoms with Crippen LogP contribution in [-0.4, -0.2) is 21.0 Å². The van der Waals surface area contributed by atoms with Crippen LogP contribution >= 0.6 is 11.3 Å². The highest BCUT2D eigenvalue weighted by Gasteiger charge is 2.22. The predicted octanol–water partition coefficient (Wildman–Crippen LogP) is 7.77. The lowest BCUT2D eigenvalue weighted by atomic mass is 9.78. The van der Waals surface area contributed by atoms with Gasteiger partial charge in [-0.2, -0.15) is 0 Å². The van der Waals surface area contributed by atoms with Crippen molar-refractivity contribution in [2.45, 2.75) is 51.9 Å². The maximum atomic E-state index is 11.1. The number of hydrogen-bond acceptors (Lipinski definition) is 4. The Hall–Kier alpha value is -3.75. The number of aliphatic carboxylic acids is 1. The van der Waals surface area contributed by atoms with Crippen molar-refractivity contribution in [3.8, 4) is 34.0 Å². The Balaban J connectivity index is 1.63. The Morgan fingerprint density at radius 2 is 1.89 bits per heavy atom. The monoisotopic (exact) mass is 492 g/mol. The van der Waals surface area contributed by atoms with E-state index in [0.29, 0.717) is 5.92 Å². The fraction of sp³-hybridized carbons (Fsp3) is 0.258. The zero-order valence-corrected chi connectivity index (χ0v) is 21.4. The molecule has 0 bridgehead atoms. The van der Waals surface area contributed by atoms with Crippen LogP contribution in [0.15, 0.2) is 48.5 Å². The number of thiazole rings is 1. The number of aryl methyl sites for hydroxylation is 2. The van der Waals surface area contributed by atoms with Crippen molar-refractivity contribution in [2.24, 2.45) is 0 Å². The van der Waals surface area contributed by atoms with E-state index in [2.05, 4.69) is 47.3 Å². The number of benzene rings is 2. The average Bonchev–Trinajstić information content (AvgIpc) is 3.24. The van der Waals surface area contributed by atoms with E-state index in [1.807, 2.05) is 19.9 Å². The van der Waals surface area contributed by atoms with Gasteiger partial charge in [-0.05, 0) is 79.6 Å². The SMILES string of the molecule is C#Cc1cc(C=CC(=O)O)cc(C2CCCCC2)c1-c1ccc2nc(-c3sc(C)nc3C)ccc2c1. The van der Waals surface area contributed by atoms with Gasteiger partial charge < -0.3 is 5.11 Å². The molecule has 4 nitrogen and oxygen atoms in total.